The molecule has 1 heteroatoms. The summed E-state index contributed by atoms with van der Waals surface area (Å²) in [6.45, 7) is 19.9. The van der Waals surface area contributed by atoms with Crippen LogP contribution in [0.3, 0.4) is 0 Å². The topological polar surface area (TPSA) is 17.1 Å². The quantitative estimate of drug-likeness (QED) is 0.542. The van der Waals surface area contributed by atoms with Crippen LogP contribution in [0.2, 0.25) is 0 Å². The van der Waals surface area contributed by atoms with Crippen LogP contribution in [0.4, 0.5) is 0 Å². The lowest BCUT2D eigenvalue weighted by atomic mass is 9.72. The Bertz CT molecular complexity index is 308. The SMILES string of the molecule is C=C(C)C.CCC/C(C)=C/[C@H](C)[C@](C)(CC)C(C)=O. The normalized spacial score (nSPS) is 15.9. The zero-order valence-corrected chi connectivity index (χ0v) is 14.4. The molecule has 2 atom stereocenters. The number of ketones is 1. The highest BCUT2D eigenvalue weighted by atomic mass is 16.1. The number of hydrogen-bond acceptors (Lipinski definition) is 1. The summed E-state index contributed by atoms with van der Waals surface area (Å²) >= 11 is 0. The Kier molecular flexibility index (Phi) is 10.8. The molecule has 0 aliphatic heterocycles. The van der Waals surface area contributed by atoms with Crippen molar-refractivity contribution >= 4 is 5.78 Å². The molecule has 0 amide bonds. The number of hydrogen-bond donors (Lipinski definition) is 0. The van der Waals surface area contributed by atoms with Gasteiger partial charge in [-0.25, -0.2) is 0 Å². The molecule has 0 heterocycles. The van der Waals surface area contributed by atoms with Crippen LogP contribution in [-0.2, 0) is 4.79 Å². The molecule has 0 saturated carbocycles. The van der Waals surface area contributed by atoms with Crippen molar-refractivity contribution in [1.82, 2.24) is 0 Å². The Morgan fingerprint density at radius 3 is 1.89 bits per heavy atom. The van der Waals surface area contributed by atoms with Gasteiger partial charge in [0, 0.05) is 5.41 Å². The van der Waals surface area contributed by atoms with E-state index in [1.54, 1.807) is 6.92 Å². The molecule has 0 aromatic carbocycles. The van der Waals surface area contributed by atoms with Gasteiger partial charge in [0.05, 0.1) is 0 Å². The molecule has 0 saturated heterocycles. The monoisotopic (exact) mass is 266 g/mol. The van der Waals surface area contributed by atoms with Gasteiger partial charge in [0.25, 0.3) is 0 Å². The fourth-order valence-electron chi connectivity index (χ4n) is 1.98. The summed E-state index contributed by atoms with van der Waals surface area (Å²) in [6, 6.07) is 0. The van der Waals surface area contributed by atoms with Crippen LogP contribution >= 0.6 is 0 Å². The molecule has 0 aliphatic rings. The summed E-state index contributed by atoms with van der Waals surface area (Å²) in [6.07, 6.45) is 5.51. The minimum atomic E-state index is -0.186. The Morgan fingerprint density at radius 2 is 1.63 bits per heavy atom. The van der Waals surface area contributed by atoms with Gasteiger partial charge >= 0.3 is 0 Å². The van der Waals surface area contributed by atoms with Crippen LogP contribution in [0.15, 0.2) is 23.8 Å². The molecule has 112 valence electrons. The highest BCUT2D eigenvalue weighted by Gasteiger charge is 2.32. The number of carbonyl (C=O) groups is 1. The van der Waals surface area contributed by atoms with E-state index in [9.17, 15) is 4.79 Å². The van der Waals surface area contributed by atoms with E-state index in [1.165, 1.54) is 17.6 Å². The van der Waals surface area contributed by atoms with Crippen molar-refractivity contribution < 1.29 is 4.79 Å². The largest absolute Gasteiger partial charge is 0.299 e. The molecule has 0 aromatic heterocycles. The fraction of sp³-hybridized carbons (Fsp3) is 0.722. The molecule has 0 N–H and O–H groups in total. The van der Waals surface area contributed by atoms with Gasteiger partial charge in [-0.1, -0.05) is 51.3 Å². The van der Waals surface area contributed by atoms with E-state index in [0.29, 0.717) is 11.7 Å². The highest BCUT2D eigenvalue weighted by molar-refractivity contribution is 5.82. The van der Waals surface area contributed by atoms with E-state index in [-0.39, 0.29) is 5.41 Å². The summed E-state index contributed by atoms with van der Waals surface area (Å²) in [5.74, 6) is 0.643. The third-order valence-electron chi connectivity index (χ3n) is 3.72. The van der Waals surface area contributed by atoms with Crippen LogP contribution < -0.4 is 0 Å². The molecule has 0 aromatic rings. The van der Waals surface area contributed by atoms with Crippen LogP contribution in [0, 0.1) is 11.3 Å². The van der Waals surface area contributed by atoms with Gasteiger partial charge in [-0.2, -0.15) is 0 Å². The third-order valence-corrected chi connectivity index (χ3v) is 3.72. The lowest BCUT2D eigenvalue weighted by molar-refractivity contribution is -0.127. The smallest absolute Gasteiger partial charge is 0.136 e. The Hall–Kier alpha value is -0.850. The maximum Gasteiger partial charge on any atom is 0.136 e. The number of carbonyl (C=O) groups excluding carboxylic acids is 1. The summed E-state index contributed by atoms with van der Waals surface area (Å²) in [4.78, 5) is 11.6. The minimum Gasteiger partial charge on any atom is -0.299 e. The average Bonchev–Trinajstić information content (AvgIpc) is 2.26. The first-order valence-electron chi connectivity index (χ1n) is 7.42. The zero-order valence-electron chi connectivity index (χ0n) is 14.4. The number of Topliss-reactive ketones (excluding diaryl/α,β-unsaturated/α-hetero) is 1. The van der Waals surface area contributed by atoms with Gasteiger partial charge in [-0.3, -0.25) is 4.79 Å². The van der Waals surface area contributed by atoms with Crippen molar-refractivity contribution in [2.75, 3.05) is 0 Å². The van der Waals surface area contributed by atoms with E-state index in [4.69, 9.17) is 0 Å². The van der Waals surface area contributed by atoms with Crippen molar-refractivity contribution in [3.8, 4) is 0 Å². The molecular formula is C18H34O. The number of allylic oxidation sites excluding steroid dienone is 3. The Balaban J connectivity index is 0. The van der Waals surface area contributed by atoms with Crippen molar-refractivity contribution in [3.63, 3.8) is 0 Å². The first kappa shape index (κ1) is 20.5. The van der Waals surface area contributed by atoms with Gasteiger partial charge in [0.2, 0.25) is 0 Å². The van der Waals surface area contributed by atoms with E-state index in [2.05, 4.69) is 47.3 Å². The molecule has 0 fully saturated rings. The molecule has 0 radical (unpaired) electrons. The van der Waals surface area contributed by atoms with Gasteiger partial charge in [0.15, 0.2) is 0 Å². The lowest BCUT2D eigenvalue weighted by Gasteiger charge is -2.30. The molecule has 0 unspecified atom stereocenters. The lowest BCUT2D eigenvalue weighted by Crippen LogP contribution is -2.31. The van der Waals surface area contributed by atoms with Gasteiger partial charge < -0.3 is 0 Å². The second-order valence-corrected chi connectivity index (χ2v) is 6.09. The van der Waals surface area contributed by atoms with Gasteiger partial charge in [0.1, 0.15) is 5.78 Å². The maximum absolute atomic E-state index is 11.6. The van der Waals surface area contributed by atoms with Crippen molar-refractivity contribution in [3.05, 3.63) is 23.8 Å². The standard InChI is InChI=1S/C14H26O.C4H8/c1-7-9-11(3)10-12(4)14(6,8-2)13(5)15;1-4(2)3/h10,12H,7-9H2,1-6H3;1H2,2-3H3/b11-10+;/t12-,14-;/m0./s1. The molecule has 1 nitrogen and oxygen atoms in total. The molecule has 0 bridgehead atoms. The average molecular weight is 266 g/mol. The molecular weight excluding hydrogens is 232 g/mol. The van der Waals surface area contributed by atoms with Gasteiger partial charge in [-0.15, -0.1) is 6.58 Å². The Labute approximate surface area is 121 Å². The van der Waals surface area contributed by atoms with E-state index in [1.807, 2.05) is 13.8 Å². The second kappa shape index (κ2) is 10.00. The zero-order chi connectivity index (χ0) is 15.6. The van der Waals surface area contributed by atoms with Crippen LogP contribution in [-0.4, -0.2) is 5.78 Å². The molecule has 19 heavy (non-hydrogen) atoms. The number of rotatable bonds is 6. The van der Waals surface area contributed by atoms with Crippen LogP contribution in [0.1, 0.15) is 74.7 Å². The summed E-state index contributed by atoms with van der Waals surface area (Å²) < 4.78 is 0. The van der Waals surface area contributed by atoms with Crippen molar-refractivity contribution in [2.45, 2.75) is 74.7 Å². The second-order valence-electron chi connectivity index (χ2n) is 6.09. The van der Waals surface area contributed by atoms with Gasteiger partial charge in [-0.05, 0) is 46.5 Å². The maximum atomic E-state index is 11.6. The molecule has 0 aliphatic carbocycles. The summed E-state index contributed by atoms with van der Waals surface area (Å²) in [7, 11) is 0. The van der Waals surface area contributed by atoms with Crippen molar-refractivity contribution in [1.29, 1.82) is 0 Å². The first-order chi connectivity index (χ1) is 8.61. The van der Waals surface area contributed by atoms with Crippen LogP contribution in [0.25, 0.3) is 0 Å². The fourth-order valence-corrected chi connectivity index (χ4v) is 1.98. The van der Waals surface area contributed by atoms with E-state index >= 15 is 0 Å². The third kappa shape index (κ3) is 8.80. The minimum absolute atomic E-state index is 0.186. The summed E-state index contributed by atoms with van der Waals surface area (Å²) in [5.41, 5.74) is 2.39. The molecule has 0 spiro atoms. The van der Waals surface area contributed by atoms with E-state index < -0.39 is 0 Å². The van der Waals surface area contributed by atoms with E-state index in [0.717, 1.165) is 12.8 Å². The molecule has 0 rings (SSSR count). The van der Waals surface area contributed by atoms with Crippen molar-refractivity contribution in [2.24, 2.45) is 11.3 Å². The first-order valence-corrected chi connectivity index (χ1v) is 7.42. The Morgan fingerprint density at radius 1 is 1.21 bits per heavy atom. The predicted molar refractivity (Wildman–Crippen MR) is 87.4 cm³/mol. The predicted octanol–water partition coefficient (Wildman–Crippen LogP) is 5.96. The van der Waals surface area contributed by atoms with Crippen LogP contribution in [0.5, 0.6) is 0 Å². The highest BCUT2D eigenvalue weighted by Crippen LogP contribution is 2.33. The summed E-state index contributed by atoms with van der Waals surface area (Å²) in [5, 5.41) is 0.